The third kappa shape index (κ3) is 5.17. The van der Waals surface area contributed by atoms with Crippen LogP contribution in [0.2, 0.25) is 0 Å². The molecule has 0 atom stereocenters. The zero-order valence-corrected chi connectivity index (χ0v) is 16.3. The molecule has 2 rings (SSSR count). The first-order valence-electron chi connectivity index (χ1n) is 8.38. The first-order chi connectivity index (χ1) is 13.0. The molecule has 2 aromatic carbocycles. The summed E-state index contributed by atoms with van der Waals surface area (Å²) in [5.74, 6) is 2.26. The van der Waals surface area contributed by atoms with Crippen molar-refractivity contribution in [3.8, 4) is 23.0 Å². The number of amides is 1. The molecule has 27 heavy (non-hydrogen) atoms. The van der Waals surface area contributed by atoms with E-state index in [1.165, 1.54) is 6.08 Å². The third-order valence-electron chi connectivity index (χ3n) is 4.06. The second-order valence-electron chi connectivity index (χ2n) is 5.83. The van der Waals surface area contributed by atoms with Crippen LogP contribution in [-0.2, 0) is 11.3 Å². The molecule has 0 heterocycles. The van der Waals surface area contributed by atoms with Gasteiger partial charge in [0.25, 0.3) is 0 Å². The van der Waals surface area contributed by atoms with Crippen LogP contribution in [-0.4, -0.2) is 46.3 Å². The second kappa shape index (κ2) is 9.52. The predicted molar refractivity (Wildman–Crippen MR) is 105 cm³/mol. The van der Waals surface area contributed by atoms with Gasteiger partial charge in [0.15, 0.2) is 11.5 Å². The molecular formula is C21H25NO5. The molecule has 0 saturated heterocycles. The van der Waals surface area contributed by atoms with Crippen molar-refractivity contribution in [2.75, 3.05) is 35.5 Å². The van der Waals surface area contributed by atoms with Crippen LogP contribution in [0.15, 0.2) is 42.5 Å². The first-order valence-corrected chi connectivity index (χ1v) is 8.38. The minimum Gasteiger partial charge on any atom is -0.497 e. The minimum absolute atomic E-state index is 0.112. The zero-order valence-electron chi connectivity index (χ0n) is 16.3. The maximum atomic E-state index is 12.4. The fourth-order valence-corrected chi connectivity index (χ4v) is 2.58. The van der Waals surface area contributed by atoms with Gasteiger partial charge in [0.05, 0.1) is 28.4 Å². The summed E-state index contributed by atoms with van der Waals surface area (Å²) in [6.45, 7) is 0.502. The Hall–Kier alpha value is -3.15. The smallest absolute Gasteiger partial charge is 0.246 e. The molecule has 0 saturated carbocycles. The van der Waals surface area contributed by atoms with Crippen molar-refractivity contribution in [1.29, 1.82) is 0 Å². The van der Waals surface area contributed by atoms with Crippen molar-refractivity contribution in [3.63, 3.8) is 0 Å². The quantitative estimate of drug-likeness (QED) is 0.666. The van der Waals surface area contributed by atoms with Gasteiger partial charge in [-0.15, -0.1) is 0 Å². The van der Waals surface area contributed by atoms with E-state index in [1.807, 2.05) is 24.3 Å². The Balaban J connectivity index is 2.10. The lowest BCUT2D eigenvalue weighted by atomic mass is 10.1. The van der Waals surface area contributed by atoms with Gasteiger partial charge < -0.3 is 23.8 Å². The summed E-state index contributed by atoms with van der Waals surface area (Å²) in [4.78, 5) is 14.0. The van der Waals surface area contributed by atoms with Gasteiger partial charge in [-0.25, -0.2) is 0 Å². The molecule has 144 valence electrons. The van der Waals surface area contributed by atoms with Gasteiger partial charge in [0, 0.05) is 19.7 Å². The first kappa shape index (κ1) is 20.2. The molecule has 2 aromatic rings. The molecule has 0 unspecified atom stereocenters. The highest BCUT2D eigenvalue weighted by molar-refractivity contribution is 5.91. The van der Waals surface area contributed by atoms with E-state index in [1.54, 1.807) is 58.6 Å². The van der Waals surface area contributed by atoms with Gasteiger partial charge in [0.1, 0.15) is 5.75 Å². The Morgan fingerprint density at radius 2 is 1.52 bits per heavy atom. The average molecular weight is 371 g/mol. The molecule has 0 radical (unpaired) electrons. The number of nitrogens with zero attached hydrogens (tertiary/aromatic N) is 1. The van der Waals surface area contributed by atoms with Gasteiger partial charge in [-0.3, -0.25) is 4.79 Å². The molecule has 0 fully saturated rings. The van der Waals surface area contributed by atoms with Crippen molar-refractivity contribution < 1.29 is 23.7 Å². The third-order valence-corrected chi connectivity index (χ3v) is 4.06. The lowest BCUT2D eigenvalue weighted by Crippen LogP contribution is -2.24. The standard InChI is InChI=1S/C21H25NO5/c1-22(14-15-6-9-17(24-2)10-7-15)20(23)11-8-16-12-18(25-3)21(27-5)19(13-16)26-4/h6-13H,14H2,1-5H3/b11-8+. The number of hydrogen-bond donors (Lipinski definition) is 0. The van der Waals surface area contributed by atoms with Gasteiger partial charge >= 0.3 is 0 Å². The number of rotatable bonds is 8. The van der Waals surface area contributed by atoms with Gasteiger partial charge in [0.2, 0.25) is 11.7 Å². The zero-order chi connectivity index (χ0) is 19.8. The molecule has 0 aliphatic heterocycles. The summed E-state index contributed by atoms with van der Waals surface area (Å²) in [6, 6.07) is 11.2. The maximum Gasteiger partial charge on any atom is 0.246 e. The van der Waals surface area contributed by atoms with E-state index in [0.29, 0.717) is 23.8 Å². The van der Waals surface area contributed by atoms with Gasteiger partial charge in [-0.05, 0) is 41.5 Å². The van der Waals surface area contributed by atoms with Gasteiger partial charge in [-0.2, -0.15) is 0 Å². The molecule has 0 aliphatic rings. The Kier molecular flexibility index (Phi) is 7.11. The molecule has 6 nitrogen and oxygen atoms in total. The Labute approximate surface area is 159 Å². The van der Waals surface area contributed by atoms with E-state index in [9.17, 15) is 4.79 Å². The average Bonchev–Trinajstić information content (AvgIpc) is 2.71. The number of methoxy groups -OCH3 is 4. The van der Waals surface area contributed by atoms with Crippen LogP contribution in [0.25, 0.3) is 6.08 Å². The van der Waals surface area contributed by atoms with Crippen molar-refractivity contribution in [1.82, 2.24) is 4.90 Å². The highest BCUT2D eigenvalue weighted by atomic mass is 16.5. The summed E-state index contributed by atoms with van der Waals surface area (Å²) in [6.07, 6.45) is 3.24. The number of likely N-dealkylation sites (N-methyl/N-ethyl adjacent to an activating group) is 1. The normalized spacial score (nSPS) is 10.6. The van der Waals surface area contributed by atoms with E-state index in [4.69, 9.17) is 18.9 Å². The van der Waals surface area contributed by atoms with E-state index in [2.05, 4.69) is 0 Å². The van der Waals surface area contributed by atoms with Gasteiger partial charge in [-0.1, -0.05) is 12.1 Å². The van der Waals surface area contributed by atoms with Crippen LogP contribution in [0.4, 0.5) is 0 Å². The van der Waals surface area contributed by atoms with Crippen molar-refractivity contribution in [2.45, 2.75) is 6.54 Å². The number of carbonyl (C=O) groups is 1. The topological polar surface area (TPSA) is 57.2 Å². The van der Waals surface area contributed by atoms with Crippen LogP contribution in [0, 0.1) is 0 Å². The molecule has 0 aromatic heterocycles. The SMILES string of the molecule is COc1ccc(CN(C)C(=O)/C=C/c2cc(OC)c(OC)c(OC)c2)cc1. The summed E-state index contributed by atoms with van der Waals surface area (Å²) in [5.41, 5.74) is 1.79. The number of carbonyl (C=O) groups excluding carboxylic acids is 1. The molecule has 6 heteroatoms. The molecular weight excluding hydrogens is 346 g/mol. The second-order valence-corrected chi connectivity index (χ2v) is 5.83. The van der Waals surface area contributed by atoms with Crippen LogP contribution >= 0.6 is 0 Å². The maximum absolute atomic E-state index is 12.4. The van der Waals surface area contributed by atoms with Crippen molar-refractivity contribution >= 4 is 12.0 Å². The van der Waals surface area contributed by atoms with Crippen LogP contribution in [0.3, 0.4) is 0 Å². The van der Waals surface area contributed by atoms with Crippen LogP contribution < -0.4 is 18.9 Å². The number of ether oxygens (including phenoxy) is 4. The molecule has 1 amide bonds. The monoisotopic (exact) mass is 371 g/mol. The minimum atomic E-state index is -0.112. The lowest BCUT2D eigenvalue weighted by Gasteiger charge is -2.16. The molecule has 0 N–H and O–H groups in total. The summed E-state index contributed by atoms with van der Waals surface area (Å²) in [7, 11) is 8.04. The summed E-state index contributed by atoms with van der Waals surface area (Å²) < 4.78 is 21.1. The Morgan fingerprint density at radius 3 is 2.00 bits per heavy atom. The lowest BCUT2D eigenvalue weighted by molar-refractivity contribution is -0.125. The molecule has 0 spiro atoms. The Bertz CT molecular complexity index is 774. The number of hydrogen-bond acceptors (Lipinski definition) is 5. The Morgan fingerprint density at radius 1 is 0.926 bits per heavy atom. The summed E-state index contributed by atoms with van der Waals surface area (Å²) >= 11 is 0. The van der Waals surface area contributed by atoms with Crippen LogP contribution in [0.1, 0.15) is 11.1 Å². The highest BCUT2D eigenvalue weighted by Gasteiger charge is 2.12. The fraction of sp³-hybridized carbons (Fsp3) is 0.286. The molecule has 0 aliphatic carbocycles. The predicted octanol–water partition coefficient (Wildman–Crippen LogP) is 3.39. The number of benzene rings is 2. The highest BCUT2D eigenvalue weighted by Crippen LogP contribution is 2.38. The van der Waals surface area contributed by atoms with Crippen molar-refractivity contribution in [2.24, 2.45) is 0 Å². The molecule has 0 bridgehead atoms. The van der Waals surface area contributed by atoms with E-state index in [-0.39, 0.29) is 5.91 Å². The van der Waals surface area contributed by atoms with E-state index >= 15 is 0 Å². The van der Waals surface area contributed by atoms with Crippen molar-refractivity contribution in [3.05, 3.63) is 53.6 Å². The summed E-state index contributed by atoms with van der Waals surface area (Å²) in [5, 5.41) is 0. The van der Waals surface area contributed by atoms with E-state index in [0.717, 1.165) is 16.9 Å². The van der Waals surface area contributed by atoms with E-state index < -0.39 is 0 Å². The fourth-order valence-electron chi connectivity index (χ4n) is 2.58. The van der Waals surface area contributed by atoms with Crippen LogP contribution in [0.5, 0.6) is 23.0 Å². The largest absolute Gasteiger partial charge is 0.497 e.